The molecule has 2 aromatic heterocycles. The Labute approximate surface area is 169 Å². The highest BCUT2D eigenvalue weighted by Crippen LogP contribution is 2.25. The second-order valence-electron chi connectivity index (χ2n) is 7.88. The van der Waals surface area contributed by atoms with Gasteiger partial charge in [0.2, 0.25) is 5.88 Å². The summed E-state index contributed by atoms with van der Waals surface area (Å²) in [6.45, 7) is 5.47. The molecule has 2 aromatic rings. The van der Waals surface area contributed by atoms with E-state index < -0.39 is 11.7 Å². The van der Waals surface area contributed by atoms with Crippen LogP contribution in [0.2, 0.25) is 0 Å². The highest BCUT2D eigenvalue weighted by molar-refractivity contribution is 6.07. The van der Waals surface area contributed by atoms with E-state index in [1.165, 1.54) is 7.11 Å². The maximum Gasteiger partial charge on any atom is 0.407 e. The number of alkyl carbamates (subject to hydrolysis) is 1. The first-order chi connectivity index (χ1) is 13.7. The Morgan fingerprint density at radius 2 is 2.00 bits per heavy atom. The second kappa shape index (κ2) is 8.46. The summed E-state index contributed by atoms with van der Waals surface area (Å²) in [7, 11) is 1.54. The molecule has 1 aliphatic rings. The van der Waals surface area contributed by atoms with Gasteiger partial charge in [-0.15, -0.1) is 0 Å². The second-order valence-corrected chi connectivity index (χ2v) is 7.88. The van der Waals surface area contributed by atoms with Crippen LogP contribution in [0.5, 0.6) is 5.88 Å². The molecule has 0 unspecified atom stereocenters. The van der Waals surface area contributed by atoms with Crippen LogP contribution in [0.1, 0.15) is 40.0 Å². The highest BCUT2D eigenvalue weighted by Gasteiger charge is 2.23. The van der Waals surface area contributed by atoms with Gasteiger partial charge < -0.3 is 20.1 Å². The number of amides is 2. The number of hydrogen-bond donors (Lipinski definition) is 2. The number of anilines is 1. The Hall–Kier alpha value is -3.16. The molecule has 2 amide bonds. The maximum absolute atomic E-state index is 12.7. The van der Waals surface area contributed by atoms with Crippen LogP contribution >= 0.6 is 0 Å². The first-order valence-corrected chi connectivity index (χ1v) is 9.55. The van der Waals surface area contributed by atoms with Crippen LogP contribution in [-0.4, -0.2) is 40.7 Å². The first-order valence-electron chi connectivity index (χ1n) is 9.55. The van der Waals surface area contributed by atoms with Crippen molar-refractivity contribution in [2.24, 2.45) is 0 Å². The van der Waals surface area contributed by atoms with Gasteiger partial charge in [-0.3, -0.25) is 9.78 Å². The van der Waals surface area contributed by atoms with Crippen LogP contribution in [0.4, 0.5) is 10.5 Å². The third-order valence-electron chi connectivity index (χ3n) is 4.44. The maximum atomic E-state index is 12.7. The molecule has 0 bridgehead atoms. The quantitative estimate of drug-likeness (QED) is 0.816. The topological polar surface area (TPSA) is 102 Å². The molecule has 0 radical (unpaired) electrons. The van der Waals surface area contributed by atoms with E-state index in [0.717, 1.165) is 0 Å². The highest BCUT2D eigenvalue weighted by atomic mass is 16.6. The van der Waals surface area contributed by atoms with Crippen LogP contribution in [-0.2, 0) is 9.53 Å². The van der Waals surface area contributed by atoms with Gasteiger partial charge in [0, 0.05) is 23.9 Å². The van der Waals surface area contributed by atoms with Crippen molar-refractivity contribution in [2.45, 2.75) is 51.7 Å². The number of carbonyl (C=O) groups excluding carboxylic acids is 2. The number of nitrogens with one attached hydrogen (secondary N) is 2. The zero-order valence-electron chi connectivity index (χ0n) is 17.1. The van der Waals surface area contributed by atoms with E-state index >= 15 is 0 Å². The molecular formula is C21H26N4O4. The molecule has 29 heavy (non-hydrogen) atoms. The monoisotopic (exact) mass is 398 g/mol. The van der Waals surface area contributed by atoms with Gasteiger partial charge in [-0.2, -0.15) is 0 Å². The molecule has 0 saturated carbocycles. The molecule has 0 aliphatic heterocycles. The van der Waals surface area contributed by atoms with E-state index in [2.05, 4.69) is 20.6 Å². The van der Waals surface area contributed by atoms with Crippen molar-refractivity contribution in [3.63, 3.8) is 0 Å². The zero-order chi connectivity index (χ0) is 21.0. The van der Waals surface area contributed by atoms with Gasteiger partial charge in [0.05, 0.1) is 18.3 Å². The molecule has 0 fully saturated rings. The molecule has 0 spiro atoms. The molecule has 8 heteroatoms. The predicted molar refractivity (Wildman–Crippen MR) is 110 cm³/mol. The zero-order valence-corrected chi connectivity index (χ0v) is 17.1. The van der Waals surface area contributed by atoms with Crippen LogP contribution in [0, 0.1) is 0 Å². The number of methoxy groups -OCH3 is 1. The van der Waals surface area contributed by atoms with E-state index in [4.69, 9.17) is 9.47 Å². The lowest BCUT2D eigenvalue weighted by atomic mass is 9.94. The van der Waals surface area contributed by atoms with E-state index in [1.54, 1.807) is 24.4 Å². The third-order valence-corrected chi connectivity index (χ3v) is 4.44. The van der Waals surface area contributed by atoms with Gasteiger partial charge >= 0.3 is 6.09 Å². The standard InChI is InChI=1S/C21H26N4O4/c1-21(2,3)29-20(27)23-14-7-5-13(6-8-14)19(26)24-16-11-12-22-15-9-10-17(28-4)25-18(15)16/h5,9-12,14H,6-8H2,1-4H3,(H,23,27)(H,22,24,26)/t14-/m0/s1. The number of rotatable bonds is 4. The van der Waals surface area contributed by atoms with Crippen molar-refractivity contribution in [3.8, 4) is 5.88 Å². The fraction of sp³-hybridized carbons (Fsp3) is 0.429. The molecule has 154 valence electrons. The van der Waals surface area contributed by atoms with Crippen molar-refractivity contribution in [2.75, 3.05) is 12.4 Å². The van der Waals surface area contributed by atoms with Crippen LogP contribution in [0.3, 0.4) is 0 Å². The molecule has 3 rings (SSSR count). The minimum absolute atomic E-state index is 0.0471. The number of carbonyl (C=O) groups is 2. The van der Waals surface area contributed by atoms with Crippen molar-refractivity contribution in [1.29, 1.82) is 0 Å². The van der Waals surface area contributed by atoms with Crippen molar-refractivity contribution in [1.82, 2.24) is 15.3 Å². The normalized spacial score (nSPS) is 16.7. The fourth-order valence-corrected chi connectivity index (χ4v) is 3.07. The van der Waals surface area contributed by atoms with Crippen molar-refractivity contribution < 1.29 is 19.1 Å². The minimum Gasteiger partial charge on any atom is -0.481 e. The molecular weight excluding hydrogens is 372 g/mol. The van der Waals surface area contributed by atoms with E-state index in [0.29, 0.717) is 47.4 Å². The molecule has 8 nitrogen and oxygen atoms in total. The number of ether oxygens (including phenoxy) is 2. The Bertz CT molecular complexity index is 949. The fourth-order valence-electron chi connectivity index (χ4n) is 3.07. The Morgan fingerprint density at radius 3 is 2.66 bits per heavy atom. The number of hydrogen-bond acceptors (Lipinski definition) is 6. The molecule has 1 aliphatic carbocycles. The molecule has 2 heterocycles. The lowest BCUT2D eigenvalue weighted by Gasteiger charge is -2.25. The number of fused-ring (bicyclic) bond motifs is 1. The smallest absolute Gasteiger partial charge is 0.407 e. The molecule has 2 N–H and O–H groups in total. The van der Waals surface area contributed by atoms with E-state index in [-0.39, 0.29) is 11.9 Å². The first kappa shape index (κ1) is 20.6. The van der Waals surface area contributed by atoms with Gasteiger partial charge in [-0.05, 0) is 52.2 Å². The Morgan fingerprint density at radius 1 is 1.21 bits per heavy atom. The molecule has 0 saturated heterocycles. The molecule has 0 aromatic carbocycles. The number of nitrogens with zero attached hydrogens (tertiary/aromatic N) is 2. The molecule has 1 atom stereocenters. The van der Waals surface area contributed by atoms with Crippen LogP contribution in [0.15, 0.2) is 36.0 Å². The summed E-state index contributed by atoms with van der Waals surface area (Å²) in [4.78, 5) is 33.3. The Kier molecular flexibility index (Phi) is 6.00. The predicted octanol–water partition coefficient (Wildman–Crippen LogP) is 3.58. The number of aromatic nitrogens is 2. The summed E-state index contributed by atoms with van der Waals surface area (Å²) in [5, 5.41) is 5.77. The summed E-state index contributed by atoms with van der Waals surface area (Å²) < 4.78 is 10.4. The van der Waals surface area contributed by atoms with Crippen molar-refractivity contribution >= 4 is 28.7 Å². The van der Waals surface area contributed by atoms with Gasteiger partial charge in [0.1, 0.15) is 11.1 Å². The third kappa shape index (κ3) is 5.43. The summed E-state index contributed by atoms with van der Waals surface area (Å²) in [5.74, 6) is 0.270. The SMILES string of the molecule is COc1ccc2nccc(NC(=O)C3=CC[C@H](NC(=O)OC(C)(C)C)CC3)c2n1. The summed E-state index contributed by atoms with van der Waals surface area (Å²) in [6.07, 6.45) is 4.85. The van der Waals surface area contributed by atoms with Crippen molar-refractivity contribution in [3.05, 3.63) is 36.0 Å². The summed E-state index contributed by atoms with van der Waals surface area (Å²) >= 11 is 0. The van der Waals surface area contributed by atoms with Gasteiger partial charge in [-0.1, -0.05) is 6.08 Å². The average Bonchev–Trinajstić information content (AvgIpc) is 2.67. The summed E-state index contributed by atoms with van der Waals surface area (Å²) in [6, 6.07) is 5.18. The lowest BCUT2D eigenvalue weighted by Crippen LogP contribution is -2.40. The largest absolute Gasteiger partial charge is 0.481 e. The van der Waals surface area contributed by atoms with Gasteiger partial charge in [0.25, 0.3) is 5.91 Å². The Balaban J connectivity index is 1.64. The van der Waals surface area contributed by atoms with Gasteiger partial charge in [0.15, 0.2) is 0 Å². The number of pyridine rings is 2. The van der Waals surface area contributed by atoms with E-state index in [1.807, 2.05) is 26.8 Å². The van der Waals surface area contributed by atoms with Gasteiger partial charge in [-0.25, -0.2) is 9.78 Å². The lowest BCUT2D eigenvalue weighted by molar-refractivity contribution is -0.113. The van der Waals surface area contributed by atoms with Crippen LogP contribution in [0.25, 0.3) is 11.0 Å². The minimum atomic E-state index is -0.538. The average molecular weight is 398 g/mol. The summed E-state index contributed by atoms with van der Waals surface area (Å²) in [5.41, 5.74) is 1.96. The van der Waals surface area contributed by atoms with E-state index in [9.17, 15) is 9.59 Å². The van der Waals surface area contributed by atoms with Crippen LogP contribution < -0.4 is 15.4 Å².